The van der Waals surface area contributed by atoms with E-state index in [2.05, 4.69) is 46.1 Å². The average Bonchev–Trinajstić information content (AvgIpc) is 2.74. The quantitative estimate of drug-likeness (QED) is 0.549. The Balaban J connectivity index is 1.75. The third kappa shape index (κ3) is 4.24. The van der Waals surface area contributed by atoms with Crippen LogP contribution >= 0.6 is 35.1 Å². The van der Waals surface area contributed by atoms with Gasteiger partial charge in [0, 0.05) is 6.04 Å². The molecule has 1 aliphatic rings. The van der Waals surface area contributed by atoms with E-state index in [1.165, 1.54) is 5.56 Å². The largest absolute Gasteiger partial charge is 0.302 e. The fourth-order valence-corrected chi connectivity index (χ4v) is 5.10. The van der Waals surface area contributed by atoms with Gasteiger partial charge in [-0.2, -0.15) is 0 Å². The van der Waals surface area contributed by atoms with Crippen LogP contribution in [-0.4, -0.2) is 21.8 Å². The predicted octanol–water partition coefficient (Wildman–Crippen LogP) is 5.18. The third-order valence-electron chi connectivity index (χ3n) is 5.36. The Bertz CT molecular complexity index is 1070. The number of halogens is 2. The summed E-state index contributed by atoms with van der Waals surface area (Å²) in [6.45, 7) is 0. The van der Waals surface area contributed by atoms with Gasteiger partial charge < -0.3 is 4.57 Å². The molecule has 0 saturated carbocycles. The Morgan fingerprint density at radius 1 is 1.10 bits per heavy atom. The van der Waals surface area contributed by atoms with Gasteiger partial charge in [0.05, 0.1) is 11.7 Å². The van der Waals surface area contributed by atoms with Gasteiger partial charge in [0.1, 0.15) is 0 Å². The second-order valence-corrected chi connectivity index (χ2v) is 8.48. The number of aromatic nitrogens is 2. The lowest BCUT2D eigenvalue weighted by Crippen LogP contribution is -2.45. The van der Waals surface area contributed by atoms with Crippen molar-refractivity contribution in [2.45, 2.75) is 31.3 Å². The molecular formula is C22H21Cl2N3OS. The van der Waals surface area contributed by atoms with Crippen LogP contribution in [0.5, 0.6) is 0 Å². The summed E-state index contributed by atoms with van der Waals surface area (Å²) >= 11 is 14.0. The van der Waals surface area contributed by atoms with Crippen LogP contribution in [0.15, 0.2) is 59.4 Å². The average molecular weight is 446 g/mol. The van der Waals surface area contributed by atoms with Crippen LogP contribution in [-0.2, 0) is 12.8 Å². The number of fused-ring (bicyclic) bond motifs is 1. The molecule has 2 heterocycles. The Morgan fingerprint density at radius 2 is 1.86 bits per heavy atom. The molecule has 4 nitrogen and oxygen atoms in total. The molecule has 2 aromatic carbocycles. The first-order valence-corrected chi connectivity index (χ1v) is 11.5. The summed E-state index contributed by atoms with van der Waals surface area (Å²) in [5, 5.41) is 0.242. The van der Waals surface area contributed by atoms with E-state index in [1.54, 1.807) is 16.5 Å². The van der Waals surface area contributed by atoms with Crippen molar-refractivity contribution in [3.63, 3.8) is 0 Å². The molecule has 0 amide bonds. The van der Waals surface area contributed by atoms with Crippen molar-refractivity contribution in [2.75, 3.05) is 6.26 Å². The molecule has 150 valence electrons. The van der Waals surface area contributed by atoms with Crippen LogP contribution in [0.2, 0.25) is 10.3 Å². The van der Waals surface area contributed by atoms with Crippen LogP contribution in [0.4, 0.5) is 0 Å². The monoisotopic (exact) mass is 445 g/mol. The second kappa shape index (κ2) is 8.92. The maximum Gasteiger partial charge on any atom is 0.288 e. The molecule has 0 fully saturated rings. The molecule has 1 aromatic heterocycles. The first-order chi connectivity index (χ1) is 14.1. The maximum atomic E-state index is 12.9. The van der Waals surface area contributed by atoms with Gasteiger partial charge in [0.25, 0.3) is 5.56 Å². The van der Waals surface area contributed by atoms with Gasteiger partial charge in [0.2, 0.25) is 0 Å². The van der Waals surface area contributed by atoms with Crippen molar-refractivity contribution in [1.29, 1.82) is 0 Å². The van der Waals surface area contributed by atoms with E-state index in [9.17, 15) is 4.79 Å². The van der Waals surface area contributed by atoms with E-state index in [0.717, 1.165) is 23.2 Å². The van der Waals surface area contributed by atoms with Crippen molar-refractivity contribution in [2.24, 2.45) is 0 Å². The predicted molar refractivity (Wildman–Crippen MR) is 122 cm³/mol. The number of hydrogen-bond acceptors (Lipinski definition) is 4. The Hall–Kier alpha value is -1.79. The van der Waals surface area contributed by atoms with E-state index >= 15 is 0 Å². The molecule has 2 unspecified atom stereocenters. The minimum absolute atomic E-state index is 0.0772. The number of hydrogen-bond donors (Lipinski definition) is 1. The SMILES string of the molecule is CSNC1CCc2c(Cl)nc(Cl)c(=O)n2C1Cc1cccc(-c2ccccc2)c1. The van der Waals surface area contributed by atoms with Gasteiger partial charge in [0.15, 0.2) is 10.3 Å². The first kappa shape index (κ1) is 20.5. The zero-order chi connectivity index (χ0) is 20.4. The molecule has 1 aliphatic heterocycles. The molecule has 0 radical (unpaired) electrons. The zero-order valence-electron chi connectivity index (χ0n) is 15.9. The standard InChI is InChI=1S/C22H21Cl2N3OS/c1-29-26-17-10-11-18-20(23)25-21(24)22(28)27(18)19(17)13-14-6-5-9-16(12-14)15-7-3-2-4-8-15/h2-9,12,17,19,26H,10-11,13H2,1H3. The number of rotatable bonds is 5. The number of nitrogens with one attached hydrogen (secondary N) is 1. The lowest BCUT2D eigenvalue weighted by atomic mass is 9.91. The molecule has 0 spiro atoms. The topological polar surface area (TPSA) is 46.9 Å². The highest BCUT2D eigenvalue weighted by Crippen LogP contribution is 2.32. The zero-order valence-corrected chi connectivity index (χ0v) is 18.3. The van der Waals surface area contributed by atoms with Gasteiger partial charge in [-0.1, -0.05) is 89.7 Å². The summed E-state index contributed by atoms with van der Waals surface area (Å²) < 4.78 is 5.21. The molecule has 3 aromatic rings. The Kier molecular flexibility index (Phi) is 6.30. The van der Waals surface area contributed by atoms with Crippen LogP contribution in [0.25, 0.3) is 11.1 Å². The summed E-state index contributed by atoms with van der Waals surface area (Å²) in [6, 6.07) is 18.8. The van der Waals surface area contributed by atoms with E-state index in [4.69, 9.17) is 23.2 Å². The first-order valence-electron chi connectivity index (χ1n) is 9.47. The smallest absolute Gasteiger partial charge is 0.288 e. The van der Waals surface area contributed by atoms with Gasteiger partial charge in [-0.25, -0.2) is 4.98 Å². The summed E-state index contributed by atoms with van der Waals surface area (Å²) in [6.07, 6.45) is 4.27. The van der Waals surface area contributed by atoms with Crippen molar-refractivity contribution < 1.29 is 0 Å². The van der Waals surface area contributed by atoms with E-state index in [0.29, 0.717) is 18.0 Å². The lowest BCUT2D eigenvalue weighted by Gasteiger charge is -2.35. The van der Waals surface area contributed by atoms with Crippen molar-refractivity contribution >= 4 is 35.1 Å². The fraction of sp³-hybridized carbons (Fsp3) is 0.273. The number of nitrogens with zero attached hydrogens (tertiary/aromatic N) is 2. The van der Waals surface area contributed by atoms with Crippen molar-refractivity contribution in [3.8, 4) is 11.1 Å². The van der Waals surface area contributed by atoms with Crippen LogP contribution in [0, 0.1) is 0 Å². The molecule has 7 heteroatoms. The van der Waals surface area contributed by atoms with E-state index < -0.39 is 0 Å². The van der Waals surface area contributed by atoms with Gasteiger partial charge >= 0.3 is 0 Å². The van der Waals surface area contributed by atoms with Crippen LogP contribution < -0.4 is 10.3 Å². The summed E-state index contributed by atoms with van der Waals surface area (Å²) in [5.41, 5.74) is 3.98. The molecule has 0 saturated heterocycles. The normalized spacial score (nSPS) is 18.4. The highest BCUT2D eigenvalue weighted by molar-refractivity contribution is 7.96. The summed E-state index contributed by atoms with van der Waals surface area (Å²) in [4.78, 5) is 16.9. The maximum absolute atomic E-state index is 12.9. The van der Waals surface area contributed by atoms with Crippen molar-refractivity contribution in [1.82, 2.24) is 14.3 Å². The molecular weight excluding hydrogens is 425 g/mol. The molecule has 0 bridgehead atoms. The van der Waals surface area contributed by atoms with Gasteiger partial charge in [-0.3, -0.25) is 9.52 Å². The molecule has 0 aliphatic carbocycles. The highest BCUT2D eigenvalue weighted by Gasteiger charge is 2.32. The minimum atomic E-state index is -0.275. The van der Waals surface area contributed by atoms with Crippen LogP contribution in [0.3, 0.4) is 0 Å². The summed E-state index contributed by atoms with van der Waals surface area (Å²) in [7, 11) is 0. The minimum Gasteiger partial charge on any atom is -0.302 e. The van der Waals surface area contributed by atoms with E-state index in [-0.39, 0.29) is 22.8 Å². The van der Waals surface area contributed by atoms with Gasteiger partial charge in [-0.15, -0.1) is 0 Å². The second-order valence-electron chi connectivity index (χ2n) is 7.12. The fourth-order valence-electron chi connectivity index (χ4n) is 4.03. The third-order valence-corrected chi connectivity index (χ3v) is 6.44. The molecule has 2 atom stereocenters. The summed E-state index contributed by atoms with van der Waals surface area (Å²) in [5.74, 6) is 0. The van der Waals surface area contributed by atoms with Crippen molar-refractivity contribution in [3.05, 3.63) is 86.5 Å². The Morgan fingerprint density at radius 3 is 2.62 bits per heavy atom. The number of benzene rings is 2. The lowest BCUT2D eigenvalue weighted by molar-refractivity contribution is 0.319. The van der Waals surface area contributed by atoms with Gasteiger partial charge in [-0.05, 0) is 42.2 Å². The molecule has 29 heavy (non-hydrogen) atoms. The molecule has 1 N–H and O–H groups in total. The van der Waals surface area contributed by atoms with E-state index in [1.807, 2.05) is 24.5 Å². The Labute approximate surface area is 184 Å². The molecule has 4 rings (SSSR count). The van der Waals surface area contributed by atoms with Crippen LogP contribution in [0.1, 0.15) is 23.7 Å². The highest BCUT2D eigenvalue weighted by atomic mass is 35.5.